The molecule has 9 aromatic rings. The van der Waals surface area contributed by atoms with Crippen molar-refractivity contribution < 1.29 is 0 Å². The molecule has 69 heavy (non-hydrogen) atoms. The Labute approximate surface area is 412 Å². The van der Waals surface area contributed by atoms with E-state index in [9.17, 15) is 0 Å². The van der Waals surface area contributed by atoms with Gasteiger partial charge in [0, 0.05) is 34.1 Å². The van der Waals surface area contributed by atoms with Crippen LogP contribution in [-0.4, -0.2) is 6.71 Å². The van der Waals surface area contributed by atoms with Crippen molar-refractivity contribution in [3.63, 3.8) is 0 Å². The van der Waals surface area contributed by atoms with Crippen molar-refractivity contribution in [2.75, 3.05) is 9.80 Å². The normalized spacial score (nSPS) is 12.4. The fourth-order valence-electron chi connectivity index (χ4n) is 10.4. The van der Waals surface area contributed by atoms with Crippen molar-refractivity contribution in [2.45, 2.75) is 78.6 Å². The fraction of sp³-hybridized carbons (Fsp3) is 0.182. The topological polar surface area (TPSA) is 6.48 Å². The van der Waals surface area contributed by atoms with Crippen LogP contribution >= 0.6 is 0 Å². The van der Waals surface area contributed by atoms with Gasteiger partial charge in [-0.3, -0.25) is 0 Å². The monoisotopic (exact) mass is 895 g/mol. The van der Waals surface area contributed by atoms with Gasteiger partial charge in [-0.25, -0.2) is 0 Å². The summed E-state index contributed by atoms with van der Waals surface area (Å²) in [6.07, 6.45) is 0. The number of rotatable bonds is 9. The number of anilines is 6. The Morgan fingerprint density at radius 2 is 0.580 bits per heavy atom. The lowest BCUT2D eigenvalue weighted by atomic mass is 9.35. The van der Waals surface area contributed by atoms with Gasteiger partial charge >= 0.3 is 0 Å². The molecule has 0 radical (unpaired) electrons. The molecule has 0 saturated heterocycles. The number of hydrogen-bond donors (Lipinski definition) is 0. The summed E-state index contributed by atoms with van der Waals surface area (Å²) in [5.74, 6) is 0. The predicted octanol–water partition coefficient (Wildman–Crippen LogP) is 16.3. The van der Waals surface area contributed by atoms with E-state index < -0.39 is 0 Å². The molecule has 340 valence electrons. The summed E-state index contributed by atoms with van der Waals surface area (Å²) in [5, 5.41) is 0. The molecule has 0 N–H and O–H groups in total. The zero-order chi connectivity index (χ0) is 48.1. The number of hydrogen-bond acceptors (Lipinski definition) is 2. The first-order valence-electron chi connectivity index (χ1n) is 24.6. The van der Waals surface area contributed by atoms with E-state index in [4.69, 9.17) is 0 Å². The molecule has 0 amide bonds. The van der Waals surface area contributed by atoms with Crippen molar-refractivity contribution in [2.24, 2.45) is 0 Å². The number of para-hydroxylation sites is 4. The summed E-state index contributed by atoms with van der Waals surface area (Å²) in [6, 6.07) is 80.4. The van der Waals surface area contributed by atoms with Gasteiger partial charge in [-0.15, -0.1) is 0 Å². The highest BCUT2D eigenvalue weighted by Crippen LogP contribution is 2.40. The van der Waals surface area contributed by atoms with Gasteiger partial charge in [0.15, 0.2) is 0 Å². The molecule has 1 aliphatic rings. The van der Waals surface area contributed by atoms with Crippen LogP contribution in [0.5, 0.6) is 0 Å². The van der Waals surface area contributed by atoms with Crippen molar-refractivity contribution in [1.29, 1.82) is 0 Å². The van der Waals surface area contributed by atoms with Gasteiger partial charge in [0.2, 0.25) is 6.71 Å². The summed E-state index contributed by atoms with van der Waals surface area (Å²) < 4.78 is 0. The molecule has 0 aliphatic carbocycles. The zero-order valence-electron chi connectivity index (χ0n) is 41.8. The van der Waals surface area contributed by atoms with Gasteiger partial charge in [0.1, 0.15) is 0 Å². The average molecular weight is 895 g/mol. The van der Waals surface area contributed by atoms with Crippen LogP contribution in [0, 0.1) is 0 Å². The summed E-state index contributed by atoms with van der Waals surface area (Å²) in [7, 11) is 0. The minimum absolute atomic E-state index is 0.00408. The van der Waals surface area contributed by atoms with E-state index in [1.165, 1.54) is 66.5 Å². The molecule has 10 rings (SSSR count). The molecule has 0 atom stereocenters. The third-order valence-electron chi connectivity index (χ3n) is 13.9. The van der Waals surface area contributed by atoms with Crippen molar-refractivity contribution in [3.8, 4) is 33.4 Å². The average Bonchev–Trinajstić information content (AvgIpc) is 3.67. The zero-order valence-corrected chi connectivity index (χ0v) is 41.8. The maximum atomic E-state index is 2.55. The van der Waals surface area contributed by atoms with Gasteiger partial charge in [0.05, 0.1) is 0 Å². The molecule has 1 aliphatic heterocycles. The van der Waals surface area contributed by atoms with E-state index in [1.807, 2.05) is 0 Å². The van der Waals surface area contributed by atoms with E-state index in [1.54, 1.807) is 0 Å². The summed E-state index contributed by atoms with van der Waals surface area (Å²) >= 11 is 0. The predicted molar refractivity (Wildman–Crippen MR) is 299 cm³/mol. The van der Waals surface area contributed by atoms with Gasteiger partial charge < -0.3 is 9.80 Å². The molecule has 0 saturated carbocycles. The Kier molecular flexibility index (Phi) is 11.8. The lowest BCUT2D eigenvalue weighted by molar-refractivity contribution is 0.553. The Bertz CT molecular complexity index is 2940. The molecule has 9 aromatic carbocycles. The first-order chi connectivity index (χ1) is 33.1. The molecular formula is C66H63BN2. The summed E-state index contributed by atoms with van der Waals surface area (Å²) in [6.45, 7) is 21.5. The molecule has 3 heteroatoms. The lowest BCUT2D eigenvalue weighted by Gasteiger charge is -2.35. The molecular weight excluding hydrogens is 832 g/mol. The maximum absolute atomic E-state index is 2.55. The van der Waals surface area contributed by atoms with Crippen LogP contribution in [0.3, 0.4) is 0 Å². The quantitative estimate of drug-likeness (QED) is 0.133. The molecule has 0 aromatic heterocycles. The smallest absolute Gasteiger partial charge is 0.243 e. The molecule has 0 spiro atoms. The van der Waals surface area contributed by atoms with E-state index >= 15 is 0 Å². The van der Waals surface area contributed by atoms with E-state index in [-0.39, 0.29) is 23.0 Å². The lowest BCUT2D eigenvalue weighted by Crippen LogP contribution is -2.54. The van der Waals surface area contributed by atoms with Gasteiger partial charge in [-0.2, -0.15) is 0 Å². The number of fused-ring (bicyclic) bond motifs is 3. The SMILES string of the molecule is CC(C)(C)c1cc(C(C)(C)C)c(B2c3cc(-c4ccc(N(c5ccccc5)c5ccccc5)cc4)ccc3-c3ccc(-c4ccc(N(c5ccccc5)c5ccccc5)cc4)cc32)c(C(C)(C)C)c1. The van der Waals surface area contributed by atoms with Gasteiger partial charge in [-0.05, 0) is 139 Å². The van der Waals surface area contributed by atoms with Crippen molar-refractivity contribution >= 4 is 57.2 Å². The minimum Gasteiger partial charge on any atom is -0.311 e. The first-order valence-corrected chi connectivity index (χ1v) is 24.6. The number of nitrogens with zero attached hydrogens (tertiary/aromatic N) is 2. The molecule has 0 unspecified atom stereocenters. The molecule has 0 bridgehead atoms. The van der Waals surface area contributed by atoms with E-state index in [0.29, 0.717) is 0 Å². The highest BCUT2D eigenvalue weighted by Gasteiger charge is 2.41. The Balaban J connectivity index is 1.12. The van der Waals surface area contributed by atoms with Crippen LogP contribution in [0.15, 0.2) is 218 Å². The second-order valence-electron chi connectivity index (χ2n) is 21.9. The summed E-state index contributed by atoms with van der Waals surface area (Å²) in [4.78, 5) is 4.66. The summed E-state index contributed by atoms with van der Waals surface area (Å²) in [5.41, 5.74) is 22.5. The third kappa shape index (κ3) is 8.95. The Morgan fingerprint density at radius 1 is 0.290 bits per heavy atom. The molecule has 2 nitrogen and oxygen atoms in total. The van der Waals surface area contributed by atoms with E-state index in [0.717, 1.165) is 34.1 Å². The minimum atomic E-state index is -0.104. The van der Waals surface area contributed by atoms with E-state index in [2.05, 4.69) is 291 Å². The standard InChI is InChI=1S/C66H63BN2/c1-64(2,3)50-44-59(65(4,5)6)63(60(45-50)66(7,8)9)67-61-42-48(46-30-36-55(37-31-46)68(51-22-14-10-15-23-51)52-24-16-11-17-25-52)34-40-57(61)58-41-35-49(43-62(58)67)47-32-38-56(39-33-47)69(53-26-18-12-19-27-53)54-28-20-13-21-29-54/h10-45H,1-9H3. The van der Waals surface area contributed by atoms with Crippen LogP contribution in [-0.2, 0) is 16.2 Å². The highest BCUT2D eigenvalue weighted by atomic mass is 15.1. The van der Waals surface area contributed by atoms with Crippen LogP contribution in [0.2, 0.25) is 0 Å². The maximum Gasteiger partial charge on any atom is 0.243 e. The Hall–Kier alpha value is -7.36. The molecule has 1 heterocycles. The number of benzene rings is 9. The van der Waals surface area contributed by atoms with Crippen molar-refractivity contribution in [3.05, 3.63) is 235 Å². The van der Waals surface area contributed by atoms with Crippen molar-refractivity contribution in [1.82, 2.24) is 0 Å². The van der Waals surface area contributed by atoms with Gasteiger partial charge in [0.25, 0.3) is 0 Å². The van der Waals surface area contributed by atoms with Crippen LogP contribution < -0.4 is 26.2 Å². The first kappa shape index (κ1) is 45.4. The van der Waals surface area contributed by atoms with Crippen LogP contribution in [0.1, 0.15) is 79.0 Å². The van der Waals surface area contributed by atoms with Crippen LogP contribution in [0.25, 0.3) is 33.4 Å². The second kappa shape index (κ2) is 17.9. The molecule has 0 fully saturated rings. The second-order valence-corrected chi connectivity index (χ2v) is 21.9. The fourth-order valence-corrected chi connectivity index (χ4v) is 10.4. The Morgan fingerprint density at radius 3 is 0.870 bits per heavy atom. The third-order valence-corrected chi connectivity index (χ3v) is 13.9. The van der Waals surface area contributed by atoms with Gasteiger partial charge in [-0.1, -0.05) is 224 Å². The highest BCUT2D eigenvalue weighted by molar-refractivity contribution is 6.99. The van der Waals surface area contributed by atoms with Crippen LogP contribution in [0.4, 0.5) is 34.1 Å². The largest absolute Gasteiger partial charge is 0.311 e.